The summed E-state index contributed by atoms with van der Waals surface area (Å²) in [5.74, 6) is 0.0804. The molecule has 0 radical (unpaired) electrons. The minimum Gasteiger partial charge on any atom is -0.508 e. The van der Waals surface area contributed by atoms with Gasteiger partial charge in [0.25, 0.3) is 5.91 Å². The Kier molecular flexibility index (Phi) is 5.16. The van der Waals surface area contributed by atoms with Crippen LogP contribution in [0.15, 0.2) is 78.9 Å². The molecule has 4 rings (SSSR count). The van der Waals surface area contributed by atoms with Gasteiger partial charge in [0, 0.05) is 28.6 Å². The number of anilines is 1. The summed E-state index contributed by atoms with van der Waals surface area (Å²) >= 11 is 1.41. The molecule has 0 aliphatic rings. The van der Waals surface area contributed by atoms with Gasteiger partial charge in [-0.2, -0.15) is 0 Å². The molecule has 1 heterocycles. The van der Waals surface area contributed by atoms with E-state index in [1.165, 1.54) is 22.3 Å². The summed E-state index contributed by atoms with van der Waals surface area (Å²) in [5.41, 5.74) is 2.54. The average molecular weight is 417 g/mol. The smallest absolute Gasteiger partial charge is 0.259 e. The molecule has 0 fully saturated rings. The van der Waals surface area contributed by atoms with Crippen LogP contribution in [0.3, 0.4) is 0 Å². The third kappa shape index (κ3) is 3.86. The molecule has 1 amide bonds. The van der Waals surface area contributed by atoms with E-state index in [1.807, 2.05) is 12.1 Å². The molecule has 0 saturated carbocycles. The zero-order valence-corrected chi connectivity index (χ0v) is 16.9. The summed E-state index contributed by atoms with van der Waals surface area (Å²) < 4.78 is 0. The van der Waals surface area contributed by atoms with E-state index in [0.717, 1.165) is 16.0 Å². The van der Waals surface area contributed by atoms with Crippen LogP contribution >= 0.6 is 11.3 Å². The number of hydrogen-bond acceptors (Lipinski definition) is 5. The fraction of sp³-hybridized carbons (Fsp3) is 0.0417. The highest BCUT2D eigenvalue weighted by molar-refractivity contribution is 7.19. The maximum Gasteiger partial charge on any atom is 0.259 e. The van der Waals surface area contributed by atoms with Gasteiger partial charge in [0.05, 0.1) is 5.56 Å². The Balaban J connectivity index is 1.83. The quantitative estimate of drug-likeness (QED) is 0.411. The SMILES string of the molecule is CN(C(=O)c1cc(-c2cccc(O)c2)sc1-c1cccc(O)c1)c1cccc(O)c1. The minimum atomic E-state index is -0.249. The Labute approximate surface area is 177 Å². The Morgan fingerprint density at radius 3 is 1.97 bits per heavy atom. The van der Waals surface area contributed by atoms with Crippen molar-refractivity contribution < 1.29 is 20.1 Å². The number of phenols is 3. The van der Waals surface area contributed by atoms with Crippen molar-refractivity contribution in [2.75, 3.05) is 11.9 Å². The summed E-state index contributed by atoms with van der Waals surface area (Å²) in [6, 6.07) is 21.9. The number of nitrogens with zero attached hydrogens (tertiary/aromatic N) is 1. The van der Waals surface area contributed by atoms with E-state index in [-0.39, 0.29) is 23.2 Å². The molecule has 5 nitrogen and oxygen atoms in total. The molecule has 1 aromatic heterocycles. The molecule has 4 aromatic rings. The topological polar surface area (TPSA) is 81.0 Å². The maximum atomic E-state index is 13.4. The van der Waals surface area contributed by atoms with E-state index in [4.69, 9.17) is 0 Å². The molecule has 0 unspecified atom stereocenters. The number of amides is 1. The predicted octanol–water partition coefficient (Wildman–Crippen LogP) is 5.48. The van der Waals surface area contributed by atoms with Crippen molar-refractivity contribution in [2.45, 2.75) is 0 Å². The lowest BCUT2D eigenvalue weighted by Gasteiger charge is -2.18. The van der Waals surface area contributed by atoms with Crippen LogP contribution in [0.1, 0.15) is 10.4 Å². The summed E-state index contributed by atoms with van der Waals surface area (Å²) in [5, 5.41) is 29.5. The van der Waals surface area contributed by atoms with Crippen molar-refractivity contribution in [3.05, 3.63) is 84.4 Å². The molecule has 0 saturated heterocycles. The second-order valence-corrected chi connectivity index (χ2v) is 7.89. The fourth-order valence-electron chi connectivity index (χ4n) is 3.21. The van der Waals surface area contributed by atoms with Crippen LogP contribution in [0.2, 0.25) is 0 Å². The number of phenolic OH excluding ortho intramolecular Hbond substituents is 3. The van der Waals surface area contributed by atoms with Gasteiger partial charge in [-0.15, -0.1) is 11.3 Å². The third-order valence-corrected chi connectivity index (χ3v) is 5.96. The minimum absolute atomic E-state index is 0.0751. The van der Waals surface area contributed by atoms with Gasteiger partial charge in [0.2, 0.25) is 0 Å². The highest BCUT2D eigenvalue weighted by Gasteiger charge is 2.22. The van der Waals surface area contributed by atoms with Crippen molar-refractivity contribution in [3.8, 4) is 38.1 Å². The van der Waals surface area contributed by atoms with Crippen LogP contribution in [0.5, 0.6) is 17.2 Å². The first-order chi connectivity index (χ1) is 14.4. The lowest BCUT2D eigenvalue weighted by atomic mass is 10.1. The Bertz CT molecular complexity index is 1230. The highest BCUT2D eigenvalue weighted by Crippen LogP contribution is 2.40. The van der Waals surface area contributed by atoms with Crippen LogP contribution in [-0.4, -0.2) is 28.3 Å². The van der Waals surface area contributed by atoms with Crippen LogP contribution in [0.4, 0.5) is 5.69 Å². The molecular weight excluding hydrogens is 398 g/mol. The van der Waals surface area contributed by atoms with Gasteiger partial charge in [0.1, 0.15) is 17.2 Å². The van der Waals surface area contributed by atoms with Crippen molar-refractivity contribution in [1.29, 1.82) is 0 Å². The number of rotatable bonds is 4. The van der Waals surface area contributed by atoms with Crippen LogP contribution in [-0.2, 0) is 0 Å². The van der Waals surface area contributed by atoms with Gasteiger partial charge >= 0.3 is 0 Å². The largest absolute Gasteiger partial charge is 0.508 e. The van der Waals surface area contributed by atoms with Crippen LogP contribution in [0, 0.1) is 0 Å². The lowest BCUT2D eigenvalue weighted by Crippen LogP contribution is -2.26. The number of carbonyl (C=O) groups excluding carboxylic acids is 1. The van der Waals surface area contributed by atoms with Crippen molar-refractivity contribution in [3.63, 3.8) is 0 Å². The van der Waals surface area contributed by atoms with Crippen molar-refractivity contribution in [2.24, 2.45) is 0 Å². The maximum absolute atomic E-state index is 13.4. The predicted molar refractivity (Wildman–Crippen MR) is 119 cm³/mol. The fourth-order valence-corrected chi connectivity index (χ4v) is 4.36. The molecule has 150 valence electrons. The molecule has 0 atom stereocenters. The van der Waals surface area contributed by atoms with Gasteiger partial charge in [-0.05, 0) is 53.6 Å². The van der Waals surface area contributed by atoms with Gasteiger partial charge < -0.3 is 20.2 Å². The van der Waals surface area contributed by atoms with Crippen molar-refractivity contribution >= 4 is 22.9 Å². The number of aromatic hydroxyl groups is 3. The second-order valence-electron chi connectivity index (χ2n) is 6.84. The first-order valence-electron chi connectivity index (χ1n) is 9.22. The number of thiophene rings is 1. The first kappa shape index (κ1) is 19.5. The van der Waals surface area contributed by atoms with E-state index >= 15 is 0 Å². The zero-order chi connectivity index (χ0) is 21.3. The number of benzene rings is 3. The van der Waals surface area contributed by atoms with E-state index in [9.17, 15) is 20.1 Å². The van der Waals surface area contributed by atoms with Crippen molar-refractivity contribution in [1.82, 2.24) is 0 Å². The molecule has 0 aliphatic carbocycles. The van der Waals surface area contributed by atoms with Crippen LogP contribution in [0.25, 0.3) is 20.9 Å². The van der Waals surface area contributed by atoms with E-state index < -0.39 is 0 Å². The Morgan fingerprint density at radius 1 is 0.767 bits per heavy atom. The van der Waals surface area contributed by atoms with Gasteiger partial charge in [-0.1, -0.05) is 30.3 Å². The highest BCUT2D eigenvalue weighted by atomic mass is 32.1. The number of hydrogen-bond donors (Lipinski definition) is 3. The summed E-state index contributed by atoms with van der Waals surface area (Å²) in [6.45, 7) is 0. The summed E-state index contributed by atoms with van der Waals surface area (Å²) in [7, 11) is 1.65. The number of carbonyl (C=O) groups is 1. The monoisotopic (exact) mass is 417 g/mol. The molecule has 0 spiro atoms. The molecule has 30 heavy (non-hydrogen) atoms. The Hall–Kier alpha value is -3.77. The molecule has 6 heteroatoms. The Morgan fingerprint density at radius 2 is 1.33 bits per heavy atom. The molecule has 3 N–H and O–H groups in total. The molecule has 0 bridgehead atoms. The zero-order valence-electron chi connectivity index (χ0n) is 16.1. The van der Waals surface area contributed by atoms with Gasteiger partial charge in [-0.25, -0.2) is 0 Å². The first-order valence-corrected chi connectivity index (χ1v) is 10.0. The summed E-state index contributed by atoms with van der Waals surface area (Å²) in [4.78, 5) is 16.4. The third-order valence-electron chi connectivity index (χ3n) is 4.72. The normalized spacial score (nSPS) is 10.7. The summed E-state index contributed by atoms with van der Waals surface area (Å²) in [6.07, 6.45) is 0. The van der Waals surface area contributed by atoms with E-state index in [0.29, 0.717) is 16.1 Å². The lowest BCUT2D eigenvalue weighted by molar-refractivity contribution is 0.0994. The van der Waals surface area contributed by atoms with Crippen LogP contribution < -0.4 is 4.90 Å². The average Bonchev–Trinajstić information content (AvgIpc) is 3.18. The molecular formula is C24H19NO4S. The van der Waals surface area contributed by atoms with E-state index in [1.54, 1.807) is 67.7 Å². The van der Waals surface area contributed by atoms with E-state index in [2.05, 4.69) is 0 Å². The molecule has 3 aromatic carbocycles. The second kappa shape index (κ2) is 7.93. The molecule has 0 aliphatic heterocycles. The van der Waals surface area contributed by atoms with Gasteiger partial charge in [-0.3, -0.25) is 4.79 Å². The standard InChI is InChI=1S/C24H19NO4S/c1-25(17-7-4-10-20(28)13-17)24(29)21-14-22(15-5-2-8-18(26)11-15)30-23(21)16-6-3-9-19(27)12-16/h2-14,26-28H,1H3. The van der Waals surface area contributed by atoms with Gasteiger partial charge in [0.15, 0.2) is 0 Å².